The van der Waals surface area contributed by atoms with E-state index < -0.39 is 17.2 Å². The van der Waals surface area contributed by atoms with Crippen molar-refractivity contribution in [3.63, 3.8) is 0 Å². The number of methoxy groups -OCH3 is 1. The molecule has 3 nitrogen and oxygen atoms in total. The van der Waals surface area contributed by atoms with Crippen molar-refractivity contribution in [1.29, 1.82) is 0 Å². The molecule has 0 radical (unpaired) electrons. The maximum absolute atomic E-state index is 13.6. The maximum Gasteiger partial charge on any atom is 0.165 e. The zero-order valence-electron chi connectivity index (χ0n) is 11.4. The minimum atomic E-state index is -0.811. The highest BCUT2D eigenvalue weighted by Crippen LogP contribution is 2.24. The van der Waals surface area contributed by atoms with Gasteiger partial charge >= 0.3 is 0 Å². The lowest BCUT2D eigenvalue weighted by Gasteiger charge is -2.24. The summed E-state index contributed by atoms with van der Waals surface area (Å²) >= 11 is 0. The number of nitrogens with zero attached hydrogens (tertiary/aromatic N) is 1. The van der Waals surface area contributed by atoms with Gasteiger partial charge in [-0.25, -0.2) is 8.78 Å². The van der Waals surface area contributed by atoms with Crippen LogP contribution in [0.1, 0.15) is 18.2 Å². The molecule has 0 amide bonds. The van der Waals surface area contributed by atoms with Crippen molar-refractivity contribution >= 4 is 0 Å². The highest BCUT2D eigenvalue weighted by Gasteiger charge is 2.23. The van der Waals surface area contributed by atoms with E-state index in [0.717, 1.165) is 11.8 Å². The van der Waals surface area contributed by atoms with Crippen LogP contribution in [0.15, 0.2) is 36.5 Å². The second-order valence-corrected chi connectivity index (χ2v) is 4.92. The molecule has 0 aliphatic heterocycles. The monoisotopic (exact) mass is 278 g/mol. The van der Waals surface area contributed by atoms with Gasteiger partial charge in [-0.05, 0) is 43.2 Å². The zero-order chi connectivity index (χ0) is 14.8. The molecule has 2 N–H and O–H groups in total. The van der Waals surface area contributed by atoms with Crippen LogP contribution in [0.4, 0.5) is 8.78 Å². The van der Waals surface area contributed by atoms with Crippen LogP contribution in [0.3, 0.4) is 0 Å². The van der Waals surface area contributed by atoms with Crippen molar-refractivity contribution < 1.29 is 13.5 Å². The van der Waals surface area contributed by atoms with Gasteiger partial charge in [0, 0.05) is 0 Å². The number of benzene rings is 1. The fourth-order valence-corrected chi connectivity index (χ4v) is 2.05. The van der Waals surface area contributed by atoms with Gasteiger partial charge in [0.15, 0.2) is 11.6 Å². The van der Waals surface area contributed by atoms with E-state index in [1.54, 1.807) is 19.1 Å². The molecule has 1 atom stereocenters. The highest BCUT2D eigenvalue weighted by molar-refractivity contribution is 5.31. The van der Waals surface area contributed by atoms with Crippen molar-refractivity contribution in [2.75, 3.05) is 7.11 Å². The molecule has 0 fully saturated rings. The zero-order valence-corrected chi connectivity index (χ0v) is 11.4. The van der Waals surface area contributed by atoms with E-state index in [1.165, 1.54) is 25.3 Å². The lowest BCUT2D eigenvalue weighted by atomic mass is 9.90. The summed E-state index contributed by atoms with van der Waals surface area (Å²) in [5.74, 6) is -0.666. The smallest absolute Gasteiger partial charge is 0.165 e. The average Bonchev–Trinajstić information content (AvgIpc) is 2.39. The number of hydrogen-bond acceptors (Lipinski definition) is 3. The van der Waals surface area contributed by atoms with E-state index in [0.29, 0.717) is 12.1 Å². The average molecular weight is 278 g/mol. The first-order chi connectivity index (χ1) is 9.42. The summed E-state index contributed by atoms with van der Waals surface area (Å²) in [5, 5.41) is 0. The van der Waals surface area contributed by atoms with Gasteiger partial charge in [-0.3, -0.25) is 4.98 Å². The molecule has 1 aromatic carbocycles. The molecule has 0 spiro atoms. The third kappa shape index (κ3) is 3.11. The lowest BCUT2D eigenvalue weighted by molar-refractivity contribution is 0.385. The fourth-order valence-electron chi connectivity index (χ4n) is 2.05. The maximum atomic E-state index is 13.6. The van der Waals surface area contributed by atoms with Crippen LogP contribution in [-0.2, 0) is 12.0 Å². The second-order valence-electron chi connectivity index (χ2n) is 4.92. The molecule has 1 heterocycles. The molecular formula is C15H16F2N2O. The normalized spacial score (nSPS) is 13.8. The van der Waals surface area contributed by atoms with Crippen molar-refractivity contribution in [2.24, 2.45) is 5.73 Å². The Balaban J connectivity index is 2.23. The van der Waals surface area contributed by atoms with E-state index in [9.17, 15) is 8.78 Å². The Morgan fingerprint density at radius 3 is 2.55 bits per heavy atom. The van der Waals surface area contributed by atoms with Crippen LogP contribution in [0.2, 0.25) is 0 Å². The largest absolute Gasteiger partial charge is 0.494 e. The third-order valence-corrected chi connectivity index (χ3v) is 3.10. The van der Waals surface area contributed by atoms with Gasteiger partial charge in [0.1, 0.15) is 5.82 Å². The second kappa shape index (κ2) is 5.54. The van der Waals surface area contributed by atoms with Gasteiger partial charge in [-0.15, -0.1) is 0 Å². The van der Waals surface area contributed by atoms with Crippen molar-refractivity contribution in [3.05, 3.63) is 59.4 Å². The molecule has 1 aromatic heterocycles. The Morgan fingerprint density at radius 2 is 2.00 bits per heavy atom. The summed E-state index contributed by atoms with van der Waals surface area (Å²) in [5.41, 5.74) is 6.66. The first-order valence-electron chi connectivity index (χ1n) is 6.16. The molecule has 0 saturated carbocycles. The Morgan fingerprint density at radius 1 is 1.25 bits per heavy atom. The van der Waals surface area contributed by atoms with Gasteiger partial charge < -0.3 is 10.5 Å². The highest BCUT2D eigenvalue weighted by atomic mass is 19.1. The van der Waals surface area contributed by atoms with Crippen molar-refractivity contribution in [3.8, 4) is 5.75 Å². The van der Waals surface area contributed by atoms with Crippen molar-refractivity contribution in [1.82, 2.24) is 4.98 Å². The van der Waals surface area contributed by atoms with Crippen LogP contribution in [0.25, 0.3) is 0 Å². The van der Waals surface area contributed by atoms with Gasteiger partial charge in [0.05, 0.1) is 24.5 Å². The number of halogens is 2. The van der Waals surface area contributed by atoms with Crippen LogP contribution in [-0.4, -0.2) is 12.1 Å². The Labute approximate surface area is 116 Å². The first kappa shape index (κ1) is 14.4. The molecule has 5 heteroatoms. The molecule has 2 aromatic rings. The van der Waals surface area contributed by atoms with Gasteiger partial charge in [0.25, 0.3) is 0 Å². The number of pyridine rings is 1. The topological polar surface area (TPSA) is 48.1 Å². The summed E-state index contributed by atoms with van der Waals surface area (Å²) in [6, 6.07) is 7.53. The van der Waals surface area contributed by atoms with Gasteiger partial charge in [-0.2, -0.15) is 0 Å². The van der Waals surface area contributed by atoms with Crippen molar-refractivity contribution in [2.45, 2.75) is 18.9 Å². The Kier molecular flexibility index (Phi) is 3.99. The summed E-state index contributed by atoms with van der Waals surface area (Å²) in [6.45, 7) is 1.77. The van der Waals surface area contributed by atoms with E-state index >= 15 is 0 Å². The SMILES string of the molecule is COc1ccc(CC(C)(N)c2ccc(F)cn2)cc1F. The molecule has 0 saturated heterocycles. The van der Waals surface area contributed by atoms with Crippen LogP contribution in [0, 0.1) is 11.6 Å². The first-order valence-corrected chi connectivity index (χ1v) is 6.16. The minimum Gasteiger partial charge on any atom is -0.494 e. The molecule has 0 aliphatic carbocycles. The predicted octanol–water partition coefficient (Wildman–Crippen LogP) is 2.79. The lowest BCUT2D eigenvalue weighted by Crippen LogP contribution is -2.36. The minimum absolute atomic E-state index is 0.187. The van der Waals surface area contributed by atoms with Crippen LogP contribution < -0.4 is 10.5 Å². The standard InChI is InChI=1S/C15H16F2N2O/c1-15(18,14-6-4-11(16)9-19-14)8-10-3-5-13(20-2)12(17)7-10/h3-7,9H,8,18H2,1-2H3. The predicted molar refractivity (Wildman–Crippen MR) is 72.4 cm³/mol. The summed E-state index contributed by atoms with van der Waals surface area (Å²) in [4.78, 5) is 3.98. The molecular weight excluding hydrogens is 262 g/mol. The third-order valence-electron chi connectivity index (χ3n) is 3.10. The summed E-state index contributed by atoms with van der Waals surface area (Å²) < 4.78 is 31.4. The Hall–Kier alpha value is -2.01. The Bertz CT molecular complexity index is 597. The number of rotatable bonds is 4. The van der Waals surface area contributed by atoms with Crippen LogP contribution in [0.5, 0.6) is 5.75 Å². The van der Waals surface area contributed by atoms with Gasteiger partial charge in [0.2, 0.25) is 0 Å². The molecule has 106 valence electrons. The molecule has 0 aliphatic rings. The summed E-state index contributed by atoms with van der Waals surface area (Å²) in [6.07, 6.45) is 1.50. The van der Waals surface area contributed by atoms with E-state index in [1.807, 2.05) is 0 Å². The van der Waals surface area contributed by atoms with E-state index in [4.69, 9.17) is 10.5 Å². The van der Waals surface area contributed by atoms with Crippen LogP contribution >= 0.6 is 0 Å². The van der Waals surface area contributed by atoms with E-state index in [2.05, 4.69) is 4.98 Å². The number of hydrogen-bond donors (Lipinski definition) is 1. The number of ether oxygens (including phenoxy) is 1. The molecule has 1 unspecified atom stereocenters. The summed E-state index contributed by atoms with van der Waals surface area (Å²) in [7, 11) is 1.41. The van der Waals surface area contributed by atoms with E-state index in [-0.39, 0.29) is 5.75 Å². The number of nitrogens with two attached hydrogens (primary N) is 1. The molecule has 20 heavy (non-hydrogen) atoms. The fraction of sp³-hybridized carbons (Fsp3) is 0.267. The molecule has 2 rings (SSSR count). The quantitative estimate of drug-likeness (QED) is 0.935. The van der Waals surface area contributed by atoms with Gasteiger partial charge in [-0.1, -0.05) is 6.07 Å². The number of aromatic nitrogens is 1. The molecule has 0 bridgehead atoms.